The number of nitrogens with zero attached hydrogens (tertiary/aromatic N) is 2. The summed E-state index contributed by atoms with van der Waals surface area (Å²) in [6, 6.07) is -43.9. The predicted molar refractivity (Wildman–Crippen MR) is 237 cm³/mol. The van der Waals surface area contributed by atoms with Crippen molar-refractivity contribution in [2.45, 2.75) is 0 Å². The second kappa shape index (κ2) is 14.4. The molecule has 2 heteroatoms. The van der Waals surface area contributed by atoms with Gasteiger partial charge in [-0.1, -0.05) is 175 Å². The topological polar surface area (TPSA) is 8.17 Å². The monoisotopic (exact) mass is 753 g/mol. The van der Waals surface area contributed by atoms with Crippen molar-refractivity contribution in [2.75, 3.05) is 4.90 Å². The summed E-state index contributed by atoms with van der Waals surface area (Å²) in [7, 11) is 0. The Morgan fingerprint density at radius 1 is 0.321 bits per heavy atom. The number of rotatable bonds is 8. The molecule has 0 saturated heterocycles. The lowest BCUT2D eigenvalue weighted by Gasteiger charge is -2.28. The van der Waals surface area contributed by atoms with Crippen LogP contribution in [-0.4, -0.2) is 4.57 Å². The molecular formula is C54H38N2. The van der Waals surface area contributed by atoms with Crippen LogP contribution in [0.15, 0.2) is 230 Å². The average molecular weight is 753 g/mol. The largest absolute Gasteiger partial charge is 0.310 e. The average Bonchev–Trinajstić information content (AvgIpc) is 1.48. The molecule has 10 rings (SSSR count). The molecule has 0 bridgehead atoms. The SMILES string of the molecule is [2H]c1c([2H])c([2H])c(-c2c([2H])c([2H])c(N(c3c([2H])c([2H])c(-c4c([2H])c([2H])c5c(c4[2H])c4c([2H])c([2H])c([2H])c([2H])c4n5-c4c([2H])c([2H])c([2H])c([2H])c4-c4c([2H])c([2H])c([2H])c([2H])c4[2H])c([2H])c3[2H])c3c([2H])c([2H])c([2H])c([2H])c3-c3c([2H])c([2H])c([2H])c([2H])c3[2H])c([2H])c2[2H])c([2H])c1[2H]. The minimum absolute atomic E-state index is 0.214. The molecule has 0 aliphatic heterocycles. The molecule has 10 aromatic rings. The fourth-order valence-electron chi connectivity index (χ4n) is 5.72. The van der Waals surface area contributed by atoms with E-state index in [2.05, 4.69) is 0 Å². The van der Waals surface area contributed by atoms with Crippen molar-refractivity contribution < 1.29 is 52.1 Å². The maximum absolute atomic E-state index is 9.95. The van der Waals surface area contributed by atoms with Gasteiger partial charge in [-0.05, 0) is 87.8 Å². The predicted octanol–water partition coefficient (Wildman–Crippen LogP) is 14.9. The molecule has 0 atom stereocenters. The van der Waals surface area contributed by atoms with Crippen LogP contribution in [-0.2, 0) is 0 Å². The van der Waals surface area contributed by atoms with E-state index in [0.717, 1.165) is 0 Å². The van der Waals surface area contributed by atoms with Crippen LogP contribution in [0.5, 0.6) is 0 Å². The Kier molecular flexibility index (Phi) is 3.10. The molecule has 0 aliphatic carbocycles. The third-order valence-corrected chi connectivity index (χ3v) is 8.11. The van der Waals surface area contributed by atoms with Crippen molar-refractivity contribution in [1.29, 1.82) is 0 Å². The Bertz CT molecular complexity index is 5040. The maximum atomic E-state index is 9.95. The Labute approximate surface area is 381 Å². The summed E-state index contributed by atoms with van der Waals surface area (Å²) in [6.45, 7) is 0. The van der Waals surface area contributed by atoms with E-state index >= 15 is 0 Å². The molecule has 0 unspecified atom stereocenters. The molecule has 56 heavy (non-hydrogen) atoms. The third kappa shape index (κ3) is 6.04. The van der Waals surface area contributed by atoms with E-state index in [9.17, 15) is 21.9 Å². The second-order valence-electron chi connectivity index (χ2n) is 11.3. The van der Waals surface area contributed by atoms with Gasteiger partial charge in [0.1, 0.15) is 0 Å². The minimum atomic E-state index is -1.46. The minimum Gasteiger partial charge on any atom is -0.310 e. The van der Waals surface area contributed by atoms with Gasteiger partial charge in [0.05, 0.1) is 74.5 Å². The van der Waals surface area contributed by atoms with E-state index in [1.165, 1.54) is 0 Å². The van der Waals surface area contributed by atoms with Crippen molar-refractivity contribution in [3.63, 3.8) is 0 Å². The summed E-state index contributed by atoms with van der Waals surface area (Å²) in [6.07, 6.45) is 0. The highest BCUT2D eigenvalue weighted by atomic mass is 15.1. The van der Waals surface area contributed by atoms with Gasteiger partial charge >= 0.3 is 0 Å². The second-order valence-corrected chi connectivity index (χ2v) is 11.3. The summed E-state index contributed by atoms with van der Waals surface area (Å²) >= 11 is 0. The van der Waals surface area contributed by atoms with Gasteiger partial charge in [-0.25, -0.2) is 0 Å². The van der Waals surface area contributed by atoms with Crippen LogP contribution in [0.2, 0.25) is 0 Å². The number of aromatic nitrogens is 1. The van der Waals surface area contributed by atoms with Gasteiger partial charge in [-0.15, -0.1) is 0 Å². The zero-order valence-corrected chi connectivity index (χ0v) is 27.9. The van der Waals surface area contributed by atoms with Crippen molar-refractivity contribution in [2.24, 2.45) is 0 Å². The van der Waals surface area contributed by atoms with Gasteiger partial charge in [-0.3, -0.25) is 0 Å². The van der Waals surface area contributed by atoms with E-state index in [4.69, 9.17) is 30.2 Å². The molecule has 0 spiro atoms. The molecular weight excluding hydrogens is 677 g/mol. The summed E-state index contributed by atoms with van der Waals surface area (Å²) in [5, 5.41) is -1.60. The lowest BCUT2D eigenvalue weighted by molar-refractivity contribution is 1.18. The van der Waals surface area contributed by atoms with Crippen molar-refractivity contribution in [1.82, 2.24) is 4.57 Å². The molecule has 0 radical (unpaired) electrons. The highest BCUT2D eigenvalue weighted by Gasteiger charge is 2.19. The van der Waals surface area contributed by atoms with Gasteiger partial charge in [0, 0.05) is 33.3 Å². The first-order chi connectivity index (χ1) is 43.6. The molecule has 1 aromatic heterocycles. The summed E-state index contributed by atoms with van der Waals surface area (Å²) in [5.41, 5.74) is -14.6. The zero-order chi connectivity index (χ0) is 70.3. The quantitative estimate of drug-likeness (QED) is 0.150. The first-order valence-electron chi connectivity index (χ1n) is 35.1. The number of para-hydroxylation sites is 3. The van der Waals surface area contributed by atoms with Crippen molar-refractivity contribution in [3.05, 3.63) is 230 Å². The molecule has 0 N–H and O–H groups in total. The van der Waals surface area contributed by atoms with Crippen LogP contribution >= 0.6 is 0 Å². The Morgan fingerprint density at radius 2 is 0.768 bits per heavy atom. The highest BCUT2D eigenvalue weighted by Crippen LogP contribution is 2.43. The highest BCUT2D eigenvalue weighted by molar-refractivity contribution is 6.11. The lowest BCUT2D eigenvalue weighted by Crippen LogP contribution is -2.11. The maximum Gasteiger partial charge on any atom is 0.0645 e. The summed E-state index contributed by atoms with van der Waals surface area (Å²) < 4.78 is 344. The molecule has 1 heterocycles. The van der Waals surface area contributed by atoms with E-state index in [0.29, 0.717) is 4.57 Å². The van der Waals surface area contributed by atoms with Crippen LogP contribution in [0.4, 0.5) is 17.1 Å². The van der Waals surface area contributed by atoms with Crippen LogP contribution in [0.1, 0.15) is 52.1 Å². The molecule has 0 fully saturated rings. The number of anilines is 3. The lowest BCUT2D eigenvalue weighted by atomic mass is 10.00. The Balaban J connectivity index is 1.40. The van der Waals surface area contributed by atoms with E-state index in [-0.39, 0.29) is 4.90 Å². The molecule has 264 valence electrons. The fraction of sp³-hybridized carbons (Fsp3) is 0. The summed E-state index contributed by atoms with van der Waals surface area (Å²) in [4.78, 5) is 0.214. The third-order valence-electron chi connectivity index (χ3n) is 8.11. The summed E-state index contributed by atoms with van der Waals surface area (Å²) in [5.74, 6) is 0. The van der Waals surface area contributed by atoms with Crippen LogP contribution in [0.3, 0.4) is 0 Å². The van der Waals surface area contributed by atoms with E-state index < -0.39 is 319 Å². The van der Waals surface area contributed by atoms with Crippen molar-refractivity contribution in [3.8, 4) is 50.2 Å². The standard InChI is InChI=1S/C54H38N2/c1-4-16-39(17-5-1)40-28-33-45(34-29-40)55(51-25-13-10-22-47(51)42-18-6-2-7-19-42)46-35-30-41(31-36-46)44-32-37-54-50(38-44)49-24-12-15-27-53(49)56(54)52-26-14-11-23-48(52)43-20-8-3-9-21-43/h1-38H/i1D,2D,3D,4D,5D,6D,7D,8D,9D,10D,11D,12D,13D,14D,15D,16D,17D,18D,19D,20D,21D,22D,23D,24D,25D,26D,27D,28D,29D,30D,31D,32D,33D,34D,35D,36D,37D,38D. The Morgan fingerprint density at radius 3 is 1.43 bits per heavy atom. The first kappa shape index (κ1) is 12.0. The zero-order valence-electron chi connectivity index (χ0n) is 65.9. The van der Waals surface area contributed by atoms with Gasteiger partial charge in [0.15, 0.2) is 0 Å². The number of benzene rings is 9. The van der Waals surface area contributed by atoms with Gasteiger partial charge in [0.2, 0.25) is 0 Å². The number of fused-ring (bicyclic) bond motifs is 3. The molecule has 9 aromatic carbocycles. The van der Waals surface area contributed by atoms with Gasteiger partial charge < -0.3 is 9.47 Å². The molecule has 0 saturated carbocycles. The van der Waals surface area contributed by atoms with E-state index in [1.54, 1.807) is 0 Å². The normalized spacial score (nSPS) is 20.7. The molecule has 0 aliphatic rings. The van der Waals surface area contributed by atoms with Gasteiger partial charge in [0.25, 0.3) is 0 Å². The van der Waals surface area contributed by atoms with E-state index in [1.807, 2.05) is 0 Å². The number of hydrogen-bond acceptors (Lipinski definition) is 1. The molecule has 0 amide bonds. The van der Waals surface area contributed by atoms with Crippen LogP contribution in [0, 0.1) is 0 Å². The van der Waals surface area contributed by atoms with Crippen molar-refractivity contribution >= 4 is 38.9 Å². The van der Waals surface area contributed by atoms with Gasteiger partial charge in [-0.2, -0.15) is 0 Å². The number of hydrogen-bond donors (Lipinski definition) is 0. The first-order valence-corrected chi connectivity index (χ1v) is 16.1. The van der Waals surface area contributed by atoms with Crippen LogP contribution < -0.4 is 4.90 Å². The fourth-order valence-corrected chi connectivity index (χ4v) is 5.72. The Hall–Kier alpha value is -7.42. The smallest absolute Gasteiger partial charge is 0.0645 e. The molecule has 2 nitrogen and oxygen atoms in total. The van der Waals surface area contributed by atoms with Crippen LogP contribution in [0.25, 0.3) is 72.0 Å².